The molecule has 1 aromatic heterocycles. The molecule has 6 nitrogen and oxygen atoms in total. The molecular formula is C22H25N3O3. The Balaban J connectivity index is 1.66. The van der Waals surface area contributed by atoms with Crippen LogP contribution < -0.4 is 0 Å². The second-order valence-corrected chi connectivity index (χ2v) is 8.15. The summed E-state index contributed by atoms with van der Waals surface area (Å²) in [6.07, 6.45) is 5.95. The van der Waals surface area contributed by atoms with Gasteiger partial charge in [-0.05, 0) is 49.1 Å². The summed E-state index contributed by atoms with van der Waals surface area (Å²) in [5, 5.41) is 9.66. The molecule has 0 bridgehead atoms. The first-order valence-electron chi connectivity index (χ1n) is 10.0. The maximum absolute atomic E-state index is 12.6. The van der Waals surface area contributed by atoms with Crippen LogP contribution in [-0.4, -0.2) is 48.3 Å². The van der Waals surface area contributed by atoms with Gasteiger partial charge in [0, 0.05) is 39.6 Å². The molecular weight excluding hydrogens is 354 g/mol. The summed E-state index contributed by atoms with van der Waals surface area (Å²) in [4.78, 5) is 31.9. The van der Waals surface area contributed by atoms with Crippen LogP contribution in [0.25, 0.3) is 5.70 Å². The highest BCUT2D eigenvalue weighted by Crippen LogP contribution is 2.54. The van der Waals surface area contributed by atoms with Crippen molar-refractivity contribution in [1.82, 2.24) is 9.88 Å². The van der Waals surface area contributed by atoms with Crippen molar-refractivity contribution in [3.05, 3.63) is 34.7 Å². The smallest absolute Gasteiger partial charge is 0.181 e. The van der Waals surface area contributed by atoms with Gasteiger partial charge in [0.25, 0.3) is 0 Å². The number of nitrogens with zero attached hydrogens (tertiary/aromatic N) is 3. The Morgan fingerprint density at radius 2 is 2.04 bits per heavy atom. The molecule has 6 heteroatoms. The number of likely N-dealkylation sites (tertiary alicyclic amines) is 1. The monoisotopic (exact) mass is 379 g/mol. The molecule has 1 spiro atoms. The number of allylic oxidation sites excluding steroid dienone is 1. The second-order valence-electron chi connectivity index (χ2n) is 8.15. The van der Waals surface area contributed by atoms with E-state index in [4.69, 9.17) is 4.74 Å². The number of rotatable bonds is 6. The lowest BCUT2D eigenvalue weighted by Gasteiger charge is -2.37. The van der Waals surface area contributed by atoms with E-state index in [1.807, 2.05) is 6.07 Å². The SMILES string of the molecule is COCCCC(=O)c1ccc2c(n1)C(N1CCC3(CC1)CC3)=C(C#N)C(=O)C2. The zero-order valence-corrected chi connectivity index (χ0v) is 16.3. The third-order valence-electron chi connectivity index (χ3n) is 6.32. The molecule has 2 fully saturated rings. The first kappa shape index (κ1) is 18.8. The normalized spacial score (nSPS) is 20.1. The van der Waals surface area contributed by atoms with Gasteiger partial charge in [-0.3, -0.25) is 9.59 Å². The van der Waals surface area contributed by atoms with Crippen LogP contribution in [0.5, 0.6) is 0 Å². The van der Waals surface area contributed by atoms with E-state index in [0.717, 1.165) is 31.5 Å². The Bertz CT molecular complexity index is 883. The fourth-order valence-corrected chi connectivity index (χ4v) is 4.31. The number of Topliss-reactive ketones (excluding diaryl/α,β-unsaturated/α-hetero) is 2. The summed E-state index contributed by atoms with van der Waals surface area (Å²) in [5.41, 5.74) is 3.17. The van der Waals surface area contributed by atoms with Crippen LogP contribution in [0.3, 0.4) is 0 Å². The molecule has 3 aliphatic rings. The largest absolute Gasteiger partial charge is 0.385 e. The number of carbonyl (C=O) groups excluding carboxylic acids is 2. The molecule has 2 heterocycles. The molecule has 146 valence electrons. The van der Waals surface area contributed by atoms with Gasteiger partial charge in [-0.25, -0.2) is 4.98 Å². The number of ether oxygens (including phenoxy) is 1. The van der Waals surface area contributed by atoms with Crippen molar-refractivity contribution in [2.75, 3.05) is 26.8 Å². The van der Waals surface area contributed by atoms with Gasteiger partial charge in [0.15, 0.2) is 11.6 Å². The maximum Gasteiger partial charge on any atom is 0.181 e. The minimum Gasteiger partial charge on any atom is -0.385 e. The summed E-state index contributed by atoms with van der Waals surface area (Å²) in [7, 11) is 1.61. The van der Waals surface area contributed by atoms with Crippen molar-refractivity contribution in [3.8, 4) is 6.07 Å². The second kappa shape index (κ2) is 7.48. The third kappa shape index (κ3) is 3.47. The lowest BCUT2D eigenvalue weighted by Crippen LogP contribution is -2.36. The van der Waals surface area contributed by atoms with Crippen LogP contribution in [-0.2, 0) is 16.0 Å². The van der Waals surface area contributed by atoms with E-state index in [1.165, 1.54) is 12.8 Å². The van der Waals surface area contributed by atoms with Gasteiger partial charge in [0.2, 0.25) is 0 Å². The average molecular weight is 379 g/mol. The summed E-state index contributed by atoms with van der Waals surface area (Å²) in [6.45, 7) is 2.20. The van der Waals surface area contributed by atoms with Crippen molar-refractivity contribution in [2.45, 2.75) is 44.9 Å². The molecule has 1 aromatic rings. The number of nitriles is 1. The number of ketones is 2. The topological polar surface area (TPSA) is 83.3 Å². The van der Waals surface area contributed by atoms with Crippen molar-refractivity contribution in [3.63, 3.8) is 0 Å². The number of hydrogen-bond donors (Lipinski definition) is 0. The highest BCUT2D eigenvalue weighted by atomic mass is 16.5. The molecule has 1 saturated heterocycles. The van der Waals surface area contributed by atoms with Gasteiger partial charge in [0.1, 0.15) is 17.3 Å². The molecule has 0 unspecified atom stereocenters. The number of hydrogen-bond acceptors (Lipinski definition) is 6. The summed E-state index contributed by atoms with van der Waals surface area (Å²) >= 11 is 0. The number of aromatic nitrogens is 1. The standard InChI is InChI=1S/C22H25N3O3/c1-28-12-2-3-18(26)17-5-4-15-13-19(27)16(14-23)21(20(15)24-17)25-10-8-22(6-7-22)9-11-25/h4-5H,2-3,6-13H2,1H3. The number of methoxy groups -OCH3 is 1. The first-order chi connectivity index (χ1) is 13.6. The van der Waals surface area contributed by atoms with Gasteiger partial charge in [-0.2, -0.15) is 5.26 Å². The molecule has 0 N–H and O–H groups in total. The van der Waals surface area contributed by atoms with Crippen LogP contribution in [0.15, 0.2) is 17.7 Å². The van der Waals surface area contributed by atoms with Gasteiger partial charge in [-0.1, -0.05) is 6.07 Å². The van der Waals surface area contributed by atoms with E-state index in [1.54, 1.807) is 13.2 Å². The van der Waals surface area contributed by atoms with E-state index in [-0.39, 0.29) is 23.6 Å². The van der Waals surface area contributed by atoms with Crippen LogP contribution in [0.4, 0.5) is 0 Å². The lowest BCUT2D eigenvalue weighted by atomic mass is 9.88. The van der Waals surface area contributed by atoms with Crippen LogP contribution in [0, 0.1) is 16.7 Å². The van der Waals surface area contributed by atoms with Crippen molar-refractivity contribution < 1.29 is 14.3 Å². The predicted octanol–water partition coefficient (Wildman–Crippen LogP) is 2.93. The summed E-state index contributed by atoms with van der Waals surface area (Å²) in [5.74, 6) is -0.192. The molecule has 28 heavy (non-hydrogen) atoms. The van der Waals surface area contributed by atoms with E-state index in [0.29, 0.717) is 41.9 Å². The Morgan fingerprint density at radius 3 is 2.68 bits per heavy atom. The van der Waals surface area contributed by atoms with E-state index in [9.17, 15) is 14.9 Å². The van der Waals surface area contributed by atoms with E-state index < -0.39 is 0 Å². The number of piperidine rings is 1. The zero-order valence-electron chi connectivity index (χ0n) is 16.3. The van der Waals surface area contributed by atoms with Crippen molar-refractivity contribution >= 4 is 17.3 Å². The van der Waals surface area contributed by atoms with Crippen molar-refractivity contribution in [2.24, 2.45) is 5.41 Å². The molecule has 1 saturated carbocycles. The van der Waals surface area contributed by atoms with Gasteiger partial charge >= 0.3 is 0 Å². The molecule has 4 rings (SSSR count). The Hall–Kier alpha value is -2.52. The third-order valence-corrected chi connectivity index (χ3v) is 6.32. The highest BCUT2D eigenvalue weighted by molar-refractivity contribution is 6.09. The van der Waals surface area contributed by atoms with Crippen molar-refractivity contribution in [1.29, 1.82) is 5.26 Å². The number of fused-ring (bicyclic) bond motifs is 1. The molecule has 0 atom stereocenters. The fourth-order valence-electron chi connectivity index (χ4n) is 4.31. The molecule has 1 aliphatic heterocycles. The molecule has 0 amide bonds. The minimum absolute atomic E-state index is 0.0369. The Labute approximate surface area is 165 Å². The fraction of sp³-hybridized carbons (Fsp3) is 0.545. The minimum atomic E-state index is -0.155. The van der Waals surface area contributed by atoms with E-state index in [2.05, 4.69) is 16.0 Å². The van der Waals surface area contributed by atoms with Gasteiger partial charge in [0.05, 0.1) is 11.4 Å². The lowest BCUT2D eigenvalue weighted by molar-refractivity contribution is -0.114. The average Bonchev–Trinajstić information content (AvgIpc) is 3.46. The number of carbonyl (C=O) groups is 2. The van der Waals surface area contributed by atoms with Gasteiger partial charge < -0.3 is 9.64 Å². The quantitative estimate of drug-likeness (QED) is 0.558. The number of pyridine rings is 1. The predicted molar refractivity (Wildman–Crippen MR) is 103 cm³/mol. The molecule has 0 aromatic carbocycles. The Morgan fingerprint density at radius 1 is 1.29 bits per heavy atom. The van der Waals surface area contributed by atoms with Gasteiger partial charge in [-0.15, -0.1) is 0 Å². The molecule has 0 radical (unpaired) electrons. The summed E-state index contributed by atoms with van der Waals surface area (Å²) in [6, 6.07) is 5.64. The Kier molecular flexibility index (Phi) is 5.03. The summed E-state index contributed by atoms with van der Waals surface area (Å²) < 4.78 is 5.02. The first-order valence-corrected chi connectivity index (χ1v) is 10.0. The van der Waals surface area contributed by atoms with Crippen LogP contribution in [0.2, 0.25) is 0 Å². The zero-order chi connectivity index (χ0) is 19.7. The maximum atomic E-state index is 12.6. The van der Waals surface area contributed by atoms with Crippen LogP contribution >= 0.6 is 0 Å². The van der Waals surface area contributed by atoms with E-state index >= 15 is 0 Å². The van der Waals surface area contributed by atoms with Crippen LogP contribution in [0.1, 0.15) is 60.3 Å². The highest BCUT2D eigenvalue weighted by Gasteiger charge is 2.45. The molecule has 2 aliphatic carbocycles.